The van der Waals surface area contributed by atoms with Crippen molar-refractivity contribution in [1.82, 2.24) is 0 Å². The molecule has 2 rings (SSSR count). The third kappa shape index (κ3) is 1.95. The van der Waals surface area contributed by atoms with Gasteiger partial charge in [0.2, 0.25) is 17.2 Å². The number of ether oxygens (including phenoxy) is 2. The Balaban J connectivity index is 2.90. The van der Waals surface area contributed by atoms with Crippen LogP contribution in [0.25, 0.3) is 11.1 Å². The molecule has 6 heteroatoms. The summed E-state index contributed by atoms with van der Waals surface area (Å²) in [7, 11) is 2.49. The first kappa shape index (κ1) is 13.8. The van der Waals surface area contributed by atoms with Crippen molar-refractivity contribution >= 4 is 0 Å². The number of phenolic OH excluding ortho intramolecular Hbond substituents is 3. The van der Waals surface area contributed by atoms with Crippen molar-refractivity contribution in [3.63, 3.8) is 0 Å². The highest BCUT2D eigenvalue weighted by molar-refractivity contribution is 5.86. The maximum Gasteiger partial charge on any atom is 0.208 e. The standard InChI is InChI=1S/C14H13FO5/c1-19-13-9(7-5-3-4-6-8(7)15)14(20-2)12(18)10(16)11(13)17/h3-6,16-18H,1-2H3. The maximum atomic E-state index is 13.9. The molecule has 106 valence electrons. The van der Waals surface area contributed by atoms with Crippen LogP contribution in [0.1, 0.15) is 0 Å². The van der Waals surface area contributed by atoms with Gasteiger partial charge in [-0.3, -0.25) is 0 Å². The molecule has 0 saturated heterocycles. The number of benzene rings is 2. The van der Waals surface area contributed by atoms with Crippen molar-refractivity contribution in [1.29, 1.82) is 0 Å². The van der Waals surface area contributed by atoms with E-state index < -0.39 is 23.1 Å². The predicted octanol–water partition coefficient (Wildman–Crippen LogP) is 2.63. The number of rotatable bonds is 3. The van der Waals surface area contributed by atoms with Crippen molar-refractivity contribution in [3.8, 4) is 39.9 Å². The van der Waals surface area contributed by atoms with E-state index in [1.165, 1.54) is 32.4 Å². The topological polar surface area (TPSA) is 79.2 Å². The third-order valence-electron chi connectivity index (χ3n) is 2.88. The molecule has 0 atom stereocenters. The van der Waals surface area contributed by atoms with Crippen LogP contribution in [0.3, 0.4) is 0 Å². The number of hydrogen-bond acceptors (Lipinski definition) is 5. The molecule has 3 N–H and O–H groups in total. The Labute approximate surface area is 114 Å². The average molecular weight is 280 g/mol. The van der Waals surface area contributed by atoms with Crippen LogP contribution in [-0.4, -0.2) is 29.5 Å². The second-order valence-electron chi connectivity index (χ2n) is 3.97. The van der Waals surface area contributed by atoms with E-state index in [1.807, 2.05) is 0 Å². The molecule has 2 aromatic rings. The zero-order valence-corrected chi connectivity index (χ0v) is 10.8. The third-order valence-corrected chi connectivity index (χ3v) is 2.88. The minimum Gasteiger partial charge on any atom is -0.502 e. The Kier molecular flexibility index (Phi) is 3.56. The van der Waals surface area contributed by atoms with Gasteiger partial charge in [-0.25, -0.2) is 4.39 Å². The Morgan fingerprint density at radius 2 is 1.35 bits per heavy atom. The molecule has 0 bridgehead atoms. The number of halogens is 1. The van der Waals surface area contributed by atoms with E-state index in [0.29, 0.717) is 0 Å². The van der Waals surface area contributed by atoms with Crippen molar-refractivity contribution in [2.75, 3.05) is 14.2 Å². The molecule has 0 aromatic heterocycles. The van der Waals surface area contributed by atoms with Gasteiger partial charge in [0.05, 0.1) is 19.8 Å². The number of hydrogen-bond donors (Lipinski definition) is 3. The zero-order chi connectivity index (χ0) is 14.9. The van der Waals surface area contributed by atoms with E-state index in [1.54, 1.807) is 6.07 Å². The van der Waals surface area contributed by atoms with E-state index >= 15 is 0 Å². The zero-order valence-electron chi connectivity index (χ0n) is 10.8. The van der Waals surface area contributed by atoms with Gasteiger partial charge in [0.1, 0.15) is 5.82 Å². The van der Waals surface area contributed by atoms with Gasteiger partial charge in [-0.15, -0.1) is 0 Å². The van der Waals surface area contributed by atoms with Crippen molar-refractivity contribution in [2.24, 2.45) is 0 Å². The molecule has 2 aromatic carbocycles. The van der Waals surface area contributed by atoms with Crippen LogP contribution < -0.4 is 9.47 Å². The minimum atomic E-state index is -0.793. The second kappa shape index (κ2) is 5.16. The van der Waals surface area contributed by atoms with Crippen molar-refractivity contribution in [3.05, 3.63) is 30.1 Å². The molecular formula is C14H13FO5. The molecule has 0 fully saturated rings. The molecule has 0 aliphatic heterocycles. The first-order valence-corrected chi connectivity index (χ1v) is 5.66. The fraction of sp³-hybridized carbons (Fsp3) is 0.143. The number of methoxy groups -OCH3 is 2. The smallest absolute Gasteiger partial charge is 0.208 e. The van der Waals surface area contributed by atoms with E-state index in [4.69, 9.17) is 9.47 Å². The Hall–Kier alpha value is -2.63. The lowest BCUT2D eigenvalue weighted by Crippen LogP contribution is -1.96. The molecule has 0 amide bonds. The molecule has 0 heterocycles. The Morgan fingerprint density at radius 3 is 1.80 bits per heavy atom. The average Bonchev–Trinajstić information content (AvgIpc) is 2.45. The normalized spacial score (nSPS) is 10.3. The molecule has 0 saturated carbocycles. The van der Waals surface area contributed by atoms with Crippen LogP contribution in [0.2, 0.25) is 0 Å². The number of phenols is 3. The van der Waals surface area contributed by atoms with E-state index in [2.05, 4.69) is 0 Å². The Bertz CT molecular complexity index is 623. The second-order valence-corrected chi connectivity index (χ2v) is 3.97. The van der Waals surface area contributed by atoms with Gasteiger partial charge in [0.25, 0.3) is 0 Å². The first-order valence-electron chi connectivity index (χ1n) is 5.66. The monoisotopic (exact) mass is 280 g/mol. The summed E-state index contributed by atoms with van der Waals surface area (Å²) in [5.41, 5.74) is 0.0766. The minimum absolute atomic E-state index is 0.0147. The predicted molar refractivity (Wildman–Crippen MR) is 69.9 cm³/mol. The lowest BCUT2D eigenvalue weighted by Gasteiger charge is -2.17. The number of aromatic hydroxyl groups is 3. The lowest BCUT2D eigenvalue weighted by atomic mass is 10.0. The van der Waals surface area contributed by atoms with Gasteiger partial charge in [0.15, 0.2) is 11.5 Å². The van der Waals surface area contributed by atoms with Crippen molar-refractivity contribution in [2.45, 2.75) is 0 Å². The fourth-order valence-corrected chi connectivity index (χ4v) is 1.97. The van der Waals surface area contributed by atoms with Gasteiger partial charge in [-0.1, -0.05) is 18.2 Å². The highest BCUT2D eigenvalue weighted by Crippen LogP contribution is 2.55. The molecule has 20 heavy (non-hydrogen) atoms. The van der Waals surface area contributed by atoms with Gasteiger partial charge in [0, 0.05) is 5.56 Å². The molecule has 0 unspecified atom stereocenters. The summed E-state index contributed by atoms with van der Waals surface area (Å²) in [6, 6.07) is 5.73. The van der Waals surface area contributed by atoms with Crippen molar-refractivity contribution < 1.29 is 29.2 Å². The van der Waals surface area contributed by atoms with Crippen LogP contribution >= 0.6 is 0 Å². The summed E-state index contributed by atoms with van der Waals surface area (Å²) in [5, 5.41) is 29.3. The SMILES string of the molecule is COc1c(O)c(O)c(O)c(OC)c1-c1ccccc1F. The lowest BCUT2D eigenvalue weighted by molar-refractivity contribution is 0.316. The largest absolute Gasteiger partial charge is 0.502 e. The summed E-state index contributed by atoms with van der Waals surface area (Å²) in [6.45, 7) is 0. The first-order chi connectivity index (χ1) is 9.52. The molecule has 0 radical (unpaired) electrons. The quantitative estimate of drug-likeness (QED) is 0.753. The molecule has 0 aliphatic rings. The van der Waals surface area contributed by atoms with Gasteiger partial charge in [-0.05, 0) is 6.07 Å². The summed E-state index contributed by atoms with van der Waals surface area (Å²) in [6.07, 6.45) is 0. The summed E-state index contributed by atoms with van der Waals surface area (Å²) >= 11 is 0. The summed E-state index contributed by atoms with van der Waals surface area (Å²) < 4.78 is 23.9. The molecule has 0 spiro atoms. The maximum absolute atomic E-state index is 13.9. The summed E-state index contributed by atoms with van der Waals surface area (Å²) in [4.78, 5) is 0. The molecular weight excluding hydrogens is 267 g/mol. The molecule has 0 aliphatic carbocycles. The summed E-state index contributed by atoms with van der Waals surface area (Å²) in [5.74, 6) is -3.15. The van der Waals surface area contributed by atoms with Crippen LogP contribution in [0.15, 0.2) is 24.3 Å². The van der Waals surface area contributed by atoms with E-state index in [9.17, 15) is 19.7 Å². The highest BCUT2D eigenvalue weighted by Gasteiger charge is 2.27. The van der Waals surface area contributed by atoms with E-state index in [-0.39, 0.29) is 22.6 Å². The van der Waals surface area contributed by atoms with E-state index in [0.717, 1.165) is 0 Å². The van der Waals surface area contributed by atoms with Gasteiger partial charge in [-0.2, -0.15) is 0 Å². The van der Waals surface area contributed by atoms with Crippen LogP contribution in [0.5, 0.6) is 28.7 Å². The highest BCUT2D eigenvalue weighted by atomic mass is 19.1. The van der Waals surface area contributed by atoms with Crippen LogP contribution in [0.4, 0.5) is 4.39 Å². The van der Waals surface area contributed by atoms with Crippen LogP contribution in [-0.2, 0) is 0 Å². The van der Waals surface area contributed by atoms with Crippen LogP contribution in [0, 0.1) is 5.82 Å². The molecule has 5 nitrogen and oxygen atoms in total. The van der Waals surface area contributed by atoms with Gasteiger partial charge < -0.3 is 24.8 Å². The fourth-order valence-electron chi connectivity index (χ4n) is 1.97. The Morgan fingerprint density at radius 1 is 0.850 bits per heavy atom. The van der Waals surface area contributed by atoms with Gasteiger partial charge >= 0.3 is 0 Å².